The summed E-state index contributed by atoms with van der Waals surface area (Å²) in [5, 5.41) is 7.45. The number of rotatable bonds is 3. The van der Waals surface area contributed by atoms with E-state index in [-0.39, 0.29) is 5.69 Å². The van der Waals surface area contributed by atoms with Crippen molar-refractivity contribution < 1.29 is 8.78 Å². The molecule has 1 saturated carbocycles. The Balaban J connectivity index is 1.65. The molecule has 1 aliphatic carbocycles. The number of hydrogen-bond donors (Lipinski definition) is 1. The van der Waals surface area contributed by atoms with Crippen molar-refractivity contribution in [2.24, 2.45) is 11.3 Å². The molecule has 1 aromatic rings. The van der Waals surface area contributed by atoms with Crippen molar-refractivity contribution in [2.45, 2.75) is 32.7 Å². The predicted octanol–water partition coefficient (Wildman–Crippen LogP) is 2.13. The van der Waals surface area contributed by atoms with E-state index in [1.165, 1.54) is 10.7 Å². The van der Waals surface area contributed by atoms with Crippen LogP contribution >= 0.6 is 0 Å². The minimum Gasteiger partial charge on any atom is -0.316 e. The van der Waals surface area contributed by atoms with Crippen LogP contribution in [0.2, 0.25) is 0 Å². The number of aromatic nitrogens is 2. The Bertz CT molecular complexity index is 415. The molecule has 94 valence electrons. The van der Waals surface area contributed by atoms with Gasteiger partial charge in [-0.2, -0.15) is 5.10 Å². The summed E-state index contributed by atoms with van der Waals surface area (Å²) < 4.78 is 27.0. The van der Waals surface area contributed by atoms with E-state index in [0.717, 1.165) is 25.9 Å². The molecule has 0 radical (unpaired) electrons. The van der Waals surface area contributed by atoms with Crippen molar-refractivity contribution >= 4 is 0 Å². The zero-order valence-corrected chi connectivity index (χ0v) is 9.92. The maximum atomic E-state index is 12.8. The maximum Gasteiger partial charge on any atom is 0.280 e. The lowest BCUT2D eigenvalue weighted by molar-refractivity contribution is -0.0102. The van der Waals surface area contributed by atoms with Gasteiger partial charge in [-0.05, 0) is 37.2 Å². The maximum absolute atomic E-state index is 12.8. The summed E-state index contributed by atoms with van der Waals surface area (Å²) in [7, 11) is 0. The van der Waals surface area contributed by atoms with Crippen LogP contribution in [0.1, 0.15) is 30.7 Å². The quantitative estimate of drug-likeness (QED) is 0.878. The fourth-order valence-electron chi connectivity index (χ4n) is 3.19. The first kappa shape index (κ1) is 11.1. The number of nitrogens with one attached hydrogen (secondary N) is 1. The van der Waals surface area contributed by atoms with Crippen molar-refractivity contribution in [3.8, 4) is 0 Å². The van der Waals surface area contributed by atoms with E-state index in [0.29, 0.717) is 23.6 Å². The summed E-state index contributed by atoms with van der Waals surface area (Å²) in [6.07, 6.45) is -0.112. The Morgan fingerprint density at radius 1 is 1.53 bits per heavy atom. The topological polar surface area (TPSA) is 29.9 Å². The number of halogens is 2. The van der Waals surface area contributed by atoms with Crippen molar-refractivity contribution in [3.63, 3.8) is 0 Å². The Labute approximate surface area is 99.2 Å². The molecule has 3 nitrogen and oxygen atoms in total. The minimum atomic E-state index is -2.42. The molecule has 0 atom stereocenters. The van der Waals surface area contributed by atoms with Crippen molar-refractivity contribution in [1.29, 1.82) is 0 Å². The van der Waals surface area contributed by atoms with Crippen LogP contribution in [0, 0.1) is 18.3 Å². The molecule has 0 unspecified atom stereocenters. The van der Waals surface area contributed by atoms with Gasteiger partial charge in [0.1, 0.15) is 5.69 Å². The number of alkyl halides is 2. The fourth-order valence-corrected chi connectivity index (χ4v) is 3.19. The van der Waals surface area contributed by atoms with Crippen LogP contribution in [-0.4, -0.2) is 22.9 Å². The Kier molecular flexibility index (Phi) is 2.47. The smallest absolute Gasteiger partial charge is 0.280 e. The first-order valence-corrected chi connectivity index (χ1v) is 6.11. The van der Waals surface area contributed by atoms with Crippen LogP contribution in [0.3, 0.4) is 0 Å². The van der Waals surface area contributed by atoms with Gasteiger partial charge in [0.25, 0.3) is 6.43 Å². The second-order valence-electron chi connectivity index (χ2n) is 5.57. The molecule has 17 heavy (non-hydrogen) atoms. The zero-order valence-electron chi connectivity index (χ0n) is 9.92. The third-order valence-corrected chi connectivity index (χ3v) is 4.03. The minimum absolute atomic E-state index is 0.0650. The van der Waals surface area contributed by atoms with Gasteiger partial charge in [0.05, 0.1) is 5.69 Å². The lowest BCUT2D eigenvalue weighted by Crippen LogP contribution is -2.60. The van der Waals surface area contributed by atoms with Crippen molar-refractivity contribution in [1.82, 2.24) is 15.1 Å². The molecule has 3 rings (SSSR count). The van der Waals surface area contributed by atoms with Gasteiger partial charge in [-0.3, -0.25) is 4.68 Å². The van der Waals surface area contributed by atoms with Gasteiger partial charge in [-0.1, -0.05) is 0 Å². The molecule has 5 heteroatoms. The first-order chi connectivity index (χ1) is 8.08. The SMILES string of the molecule is Cc1cc(C(F)F)n(CC2CC3(CNC3)C2)n1. The van der Waals surface area contributed by atoms with Gasteiger partial charge in [-0.15, -0.1) is 0 Å². The molecule has 2 heterocycles. The molecular weight excluding hydrogens is 224 g/mol. The van der Waals surface area contributed by atoms with Gasteiger partial charge in [0, 0.05) is 19.6 Å². The van der Waals surface area contributed by atoms with E-state index in [4.69, 9.17) is 0 Å². The Hall–Kier alpha value is -0.970. The van der Waals surface area contributed by atoms with Crippen LogP contribution in [0.25, 0.3) is 0 Å². The van der Waals surface area contributed by atoms with Crippen molar-refractivity contribution in [2.75, 3.05) is 13.1 Å². The second kappa shape index (κ2) is 3.77. The molecular formula is C12H17F2N3. The molecule has 2 aliphatic rings. The molecule has 1 saturated heterocycles. The van der Waals surface area contributed by atoms with Gasteiger partial charge in [0.2, 0.25) is 0 Å². The van der Waals surface area contributed by atoms with Crippen LogP contribution in [0.5, 0.6) is 0 Å². The van der Waals surface area contributed by atoms with Gasteiger partial charge in [0.15, 0.2) is 0 Å². The van der Waals surface area contributed by atoms with Gasteiger partial charge < -0.3 is 5.32 Å². The third-order valence-electron chi connectivity index (χ3n) is 4.03. The summed E-state index contributed by atoms with van der Waals surface area (Å²) in [5.41, 5.74) is 1.24. The second-order valence-corrected chi connectivity index (χ2v) is 5.57. The highest BCUT2D eigenvalue weighted by Crippen LogP contribution is 2.49. The molecule has 1 aromatic heterocycles. The van der Waals surface area contributed by atoms with Crippen LogP contribution in [0.4, 0.5) is 8.78 Å². The number of aryl methyl sites for hydroxylation is 1. The highest BCUT2D eigenvalue weighted by Gasteiger charge is 2.48. The molecule has 1 aliphatic heterocycles. The zero-order chi connectivity index (χ0) is 12.0. The third kappa shape index (κ3) is 1.86. The van der Waals surface area contributed by atoms with E-state index in [9.17, 15) is 8.78 Å². The monoisotopic (exact) mass is 241 g/mol. The Morgan fingerprint density at radius 2 is 2.24 bits per heavy atom. The lowest BCUT2D eigenvalue weighted by atomic mass is 9.58. The molecule has 0 bridgehead atoms. The molecule has 2 fully saturated rings. The average molecular weight is 241 g/mol. The van der Waals surface area contributed by atoms with Crippen LogP contribution < -0.4 is 5.32 Å². The predicted molar refractivity (Wildman–Crippen MR) is 59.9 cm³/mol. The summed E-state index contributed by atoms with van der Waals surface area (Å²) in [6.45, 7) is 4.61. The largest absolute Gasteiger partial charge is 0.316 e. The number of hydrogen-bond acceptors (Lipinski definition) is 2. The van der Waals surface area contributed by atoms with Crippen LogP contribution in [0.15, 0.2) is 6.07 Å². The standard InChI is InChI=1S/C12H17F2N3/c1-8-2-10(11(13)14)17(16-8)5-9-3-12(4-9)6-15-7-12/h2,9,11,15H,3-7H2,1H3. The summed E-state index contributed by atoms with van der Waals surface area (Å²) >= 11 is 0. The fraction of sp³-hybridized carbons (Fsp3) is 0.750. The normalized spacial score (nSPS) is 22.8. The average Bonchev–Trinajstić information content (AvgIpc) is 2.49. The van der Waals surface area contributed by atoms with E-state index in [2.05, 4.69) is 10.4 Å². The lowest BCUT2D eigenvalue weighted by Gasteiger charge is -2.54. The molecule has 0 amide bonds. The van der Waals surface area contributed by atoms with Gasteiger partial charge in [-0.25, -0.2) is 8.78 Å². The van der Waals surface area contributed by atoms with Crippen molar-refractivity contribution in [3.05, 3.63) is 17.5 Å². The number of nitrogens with zero attached hydrogens (tertiary/aromatic N) is 2. The van der Waals surface area contributed by atoms with E-state index >= 15 is 0 Å². The Morgan fingerprint density at radius 3 is 2.76 bits per heavy atom. The van der Waals surface area contributed by atoms with Gasteiger partial charge >= 0.3 is 0 Å². The summed E-state index contributed by atoms with van der Waals surface area (Å²) in [6, 6.07) is 1.49. The highest BCUT2D eigenvalue weighted by molar-refractivity contribution is 5.11. The van der Waals surface area contributed by atoms with E-state index < -0.39 is 6.43 Å². The van der Waals surface area contributed by atoms with E-state index in [1.807, 2.05) is 0 Å². The molecule has 1 N–H and O–H groups in total. The molecule has 0 aromatic carbocycles. The highest BCUT2D eigenvalue weighted by atomic mass is 19.3. The first-order valence-electron chi connectivity index (χ1n) is 6.11. The van der Waals surface area contributed by atoms with Crippen LogP contribution in [-0.2, 0) is 6.54 Å². The van der Waals surface area contributed by atoms with E-state index in [1.54, 1.807) is 6.92 Å². The summed E-state index contributed by atoms with van der Waals surface area (Å²) in [4.78, 5) is 0. The molecule has 1 spiro atoms. The summed E-state index contributed by atoms with van der Waals surface area (Å²) in [5.74, 6) is 0.522.